The van der Waals surface area contributed by atoms with Gasteiger partial charge in [-0.25, -0.2) is 0 Å². The molecule has 3 rings (SSSR count). The van der Waals surface area contributed by atoms with E-state index in [1.54, 1.807) is 6.07 Å². The fourth-order valence-electron chi connectivity index (χ4n) is 3.10. The topological polar surface area (TPSA) is 49.4 Å². The number of fused-ring (bicyclic) bond motifs is 1. The predicted molar refractivity (Wildman–Crippen MR) is 74.6 cm³/mol. The largest absolute Gasteiger partial charge is 0.369 e. The lowest BCUT2D eigenvalue weighted by Gasteiger charge is -2.38. The third-order valence-corrected chi connectivity index (χ3v) is 4.17. The Hall–Kier alpha value is -1.84. The van der Waals surface area contributed by atoms with E-state index in [1.807, 2.05) is 12.1 Å². The summed E-state index contributed by atoms with van der Waals surface area (Å²) in [5.74, 6) is -0.184. The molecule has 0 radical (unpaired) electrons. The van der Waals surface area contributed by atoms with Gasteiger partial charge in [-0.3, -0.25) is 9.59 Å². The first-order valence-electron chi connectivity index (χ1n) is 6.82. The van der Waals surface area contributed by atoms with Crippen molar-refractivity contribution < 1.29 is 9.59 Å². The third kappa shape index (κ3) is 2.01. The second kappa shape index (κ2) is 4.37. The molecule has 1 amide bonds. The van der Waals surface area contributed by atoms with Crippen LogP contribution in [0.3, 0.4) is 0 Å². The number of amides is 1. The number of ketones is 1. The molecule has 2 aliphatic rings. The van der Waals surface area contributed by atoms with Gasteiger partial charge in [-0.15, -0.1) is 0 Å². The summed E-state index contributed by atoms with van der Waals surface area (Å²) in [6.07, 6.45) is 2.37. The quantitative estimate of drug-likeness (QED) is 0.787. The Labute approximate surface area is 112 Å². The molecule has 2 heterocycles. The summed E-state index contributed by atoms with van der Waals surface area (Å²) in [6.45, 7) is 5.55. The van der Waals surface area contributed by atoms with Gasteiger partial charge in [-0.2, -0.15) is 0 Å². The van der Waals surface area contributed by atoms with Crippen LogP contribution >= 0.6 is 0 Å². The summed E-state index contributed by atoms with van der Waals surface area (Å²) in [6, 6.07) is 6.12. The van der Waals surface area contributed by atoms with E-state index in [9.17, 15) is 9.59 Å². The zero-order valence-electron chi connectivity index (χ0n) is 11.3. The third-order valence-electron chi connectivity index (χ3n) is 4.17. The van der Waals surface area contributed by atoms with Crippen molar-refractivity contribution in [3.8, 4) is 0 Å². The summed E-state index contributed by atoms with van der Waals surface area (Å²) in [4.78, 5) is 25.3. The summed E-state index contributed by atoms with van der Waals surface area (Å²) < 4.78 is 0. The molecule has 2 aliphatic heterocycles. The van der Waals surface area contributed by atoms with Crippen molar-refractivity contribution in [1.82, 2.24) is 0 Å². The minimum Gasteiger partial charge on any atom is -0.369 e. The van der Waals surface area contributed by atoms with Crippen molar-refractivity contribution >= 4 is 23.1 Å². The number of carbonyl (C=O) groups is 2. The van der Waals surface area contributed by atoms with E-state index in [1.165, 1.54) is 12.8 Å². The smallest absolute Gasteiger partial charge is 0.296 e. The van der Waals surface area contributed by atoms with E-state index in [0.717, 1.165) is 18.2 Å². The van der Waals surface area contributed by atoms with Crippen LogP contribution in [0.25, 0.3) is 0 Å². The van der Waals surface area contributed by atoms with Gasteiger partial charge in [-0.05, 0) is 43.9 Å². The van der Waals surface area contributed by atoms with Gasteiger partial charge in [0.1, 0.15) is 0 Å². The second-order valence-corrected chi connectivity index (χ2v) is 5.69. The monoisotopic (exact) mass is 258 g/mol. The van der Waals surface area contributed by atoms with Gasteiger partial charge in [0, 0.05) is 18.3 Å². The SMILES string of the molecule is CC1CCN(c2ccc3c(c2)NC(=O)C3=O)C(C)C1. The van der Waals surface area contributed by atoms with Crippen molar-refractivity contribution in [3.05, 3.63) is 23.8 Å². The first-order valence-corrected chi connectivity index (χ1v) is 6.82. The van der Waals surface area contributed by atoms with Gasteiger partial charge in [0.25, 0.3) is 11.7 Å². The summed E-state index contributed by atoms with van der Waals surface area (Å²) >= 11 is 0. The number of benzene rings is 1. The number of hydrogen-bond donors (Lipinski definition) is 1. The molecule has 1 fully saturated rings. The average molecular weight is 258 g/mol. The molecule has 1 saturated heterocycles. The van der Waals surface area contributed by atoms with E-state index in [2.05, 4.69) is 24.1 Å². The Morgan fingerprint density at radius 1 is 1.26 bits per heavy atom. The van der Waals surface area contributed by atoms with Crippen molar-refractivity contribution in [2.45, 2.75) is 32.7 Å². The van der Waals surface area contributed by atoms with E-state index in [4.69, 9.17) is 0 Å². The number of hydrogen-bond acceptors (Lipinski definition) is 3. The zero-order valence-corrected chi connectivity index (χ0v) is 11.3. The van der Waals surface area contributed by atoms with Gasteiger partial charge < -0.3 is 10.2 Å². The van der Waals surface area contributed by atoms with Crippen LogP contribution in [0.4, 0.5) is 11.4 Å². The second-order valence-electron chi connectivity index (χ2n) is 5.69. The van der Waals surface area contributed by atoms with Crippen LogP contribution in [0.15, 0.2) is 18.2 Å². The molecule has 2 unspecified atom stereocenters. The number of rotatable bonds is 1. The fraction of sp³-hybridized carbons (Fsp3) is 0.467. The van der Waals surface area contributed by atoms with E-state index < -0.39 is 11.7 Å². The van der Waals surface area contributed by atoms with Gasteiger partial charge in [0.2, 0.25) is 0 Å². The normalized spacial score (nSPS) is 26.3. The van der Waals surface area contributed by atoms with Crippen molar-refractivity contribution in [1.29, 1.82) is 0 Å². The summed E-state index contributed by atoms with van der Waals surface area (Å²) in [5, 5.41) is 2.64. The highest BCUT2D eigenvalue weighted by atomic mass is 16.2. The highest BCUT2D eigenvalue weighted by Crippen LogP contribution is 2.32. The standard InChI is InChI=1S/C15H18N2O2/c1-9-5-6-17(10(2)7-9)11-3-4-12-13(8-11)16-15(19)14(12)18/h3-4,8-10H,5-7H2,1-2H3,(H,16,18,19). The molecule has 0 bridgehead atoms. The molecule has 4 heteroatoms. The van der Waals surface area contributed by atoms with Crippen LogP contribution in [0.5, 0.6) is 0 Å². The van der Waals surface area contributed by atoms with Crippen LogP contribution in [-0.2, 0) is 4.79 Å². The van der Waals surface area contributed by atoms with E-state index >= 15 is 0 Å². The maximum absolute atomic E-state index is 11.6. The highest BCUT2D eigenvalue weighted by Gasteiger charge is 2.29. The number of anilines is 2. The van der Waals surface area contributed by atoms with Crippen molar-refractivity contribution in [2.24, 2.45) is 5.92 Å². The first-order chi connectivity index (χ1) is 9.06. The summed E-state index contributed by atoms with van der Waals surface area (Å²) in [5.41, 5.74) is 2.23. The van der Waals surface area contributed by atoms with Gasteiger partial charge >= 0.3 is 0 Å². The lowest BCUT2D eigenvalue weighted by atomic mass is 9.93. The number of nitrogens with one attached hydrogen (secondary N) is 1. The molecule has 1 aromatic rings. The molecular weight excluding hydrogens is 240 g/mol. The van der Waals surface area contributed by atoms with Crippen LogP contribution in [0, 0.1) is 5.92 Å². The number of Topliss-reactive ketones (excluding diaryl/α,β-unsaturated/α-hetero) is 1. The Kier molecular flexibility index (Phi) is 2.81. The lowest BCUT2D eigenvalue weighted by Crippen LogP contribution is -2.40. The predicted octanol–water partition coefficient (Wildman–Crippen LogP) is 2.45. The van der Waals surface area contributed by atoms with Crippen LogP contribution in [-0.4, -0.2) is 24.3 Å². The van der Waals surface area contributed by atoms with E-state index in [-0.39, 0.29) is 0 Å². The molecule has 0 spiro atoms. The molecule has 4 nitrogen and oxygen atoms in total. The average Bonchev–Trinajstić information content (AvgIpc) is 2.64. The molecule has 2 atom stereocenters. The first kappa shape index (κ1) is 12.2. The molecule has 0 saturated carbocycles. The van der Waals surface area contributed by atoms with Crippen molar-refractivity contribution in [3.63, 3.8) is 0 Å². The lowest BCUT2D eigenvalue weighted by molar-refractivity contribution is -0.112. The number of piperidine rings is 1. The minimum absolute atomic E-state index is 0.429. The zero-order chi connectivity index (χ0) is 13.6. The van der Waals surface area contributed by atoms with Gasteiger partial charge in [0.15, 0.2) is 0 Å². The molecule has 19 heavy (non-hydrogen) atoms. The van der Waals surface area contributed by atoms with Gasteiger partial charge in [-0.1, -0.05) is 6.92 Å². The minimum atomic E-state index is -0.521. The molecular formula is C15H18N2O2. The Bertz CT molecular complexity index is 553. The van der Waals surface area contributed by atoms with E-state index in [0.29, 0.717) is 17.3 Å². The summed E-state index contributed by atoms with van der Waals surface area (Å²) in [7, 11) is 0. The maximum atomic E-state index is 11.6. The Balaban J connectivity index is 1.90. The van der Waals surface area contributed by atoms with Crippen LogP contribution in [0.1, 0.15) is 37.0 Å². The molecule has 0 aromatic heterocycles. The highest BCUT2D eigenvalue weighted by molar-refractivity contribution is 6.51. The van der Waals surface area contributed by atoms with Crippen LogP contribution in [0.2, 0.25) is 0 Å². The van der Waals surface area contributed by atoms with Crippen LogP contribution < -0.4 is 10.2 Å². The molecule has 0 aliphatic carbocycles. The number of carbonyl (C=O) groups excluding carboxylic acids is 2. The molecule has 1 aromatic carbocycles. The maximum Gasteiger partial charge on any atom is 0.296 e. The Morgan fingerprint density at radius 3 is 2.79 bits per heavy atom. The van der Waals surface area contributed by atoms with Crippen molar-refractivity contribution in [2.75, 3.05) is 16.8 Å². The Morgan fingerprint density at radius 2 is 2.05 bits per heavy atom. The molecule has 1 N–H and O–H groups in total. The fourth-order valence-corrected chi connectivity index (χ4v) is 3.10. The number of nitrogens with zero attached hydrogens (tertiary/aromatic N) is 1. The van der Waals surface area contributed by atoms with Gasteiger partial charge in [0.05, 0.1) is 11.3 Å². The molecule has 100 valence electrons.